The van der Waals surface area contributed by atoms with Crippen molar-refractivity contribution < 1.29 is 9.72 Å². The van der Waals surface area contributed by atoms with Crippen LogP contribution in [-0.4, -0.2) is 20.8 Å². The maximum absolute atomic E-state index is 12.1. The monoisotopic (exact) mass is 300 g/mol. The van der Waals surface area contributed by atoms with Crippen molar-refractivity contribution in [1.29, 1.82) is 0 Å². The fraction of sp³-hybridized carbons (Fsp3) is 0. The van der Waals surface area contributed by atoms with Crippen LogP contribution in [0.4, 0.5) is 11.5 Å². The van der Waals surface area contributed by atoms with E-state index >= 15 is 0 Å². The number of carbonyl (C=O) groups is 1. The SMILES string of the molecule is O=C(Nc1ncnc2sccc12)c1ccc([N+](=O)[O-])cc1. The number of fused-ring (bicyclic) bond motifs is 1. The summed E-state index contributed by atoms with van der Waals surface area (Å²) in [5, 5.41) is 15.9. The van der Waals surface area contributed by atoms with Crippen molar-refractivity contribution >= 4 is 39.0 Å². The van der Waals surface area contributed by atoms with E-state index in [1.165, 1.54) is 41.9 Å². The lowest BCUT2D eigenvalue weighted by molar-refractivity contribution is -0.384. The zero-order chi connectivity index (χ0) is 14.8. The van der Waals surface area contributed by atoms with Gasteiger partial charge in [-0.05, 0) is 23.6 Å². The smallest absolute Gasteiger partial charge is 0.269 e. The molecule has 0 unspecified atom stereocenters. The number of non-ortho nitro benzene ring substituents is 1. The van der Waals surface area contributed by atoms with Crippen LogP contribution >= 0.6 is 11.3 Å². The number of thiophene rings is 1. The van der Waals surface area contributed by atoms with Crippen molar-refractivity contribution in [2.75, 3.05) is 5.32 Å². The lowest BCUT2D eigenvalue weighted by atomic mass is 10.2. The van der Waals surface area contributed by atoms with E-state index in [1.807, 2.05) is 11.4 Å². The number of nitrogens with one attached hydrogen (secondary N) is 1. The normalized spacial score (nSPS) is 10.5. The van der Waals surface area contributed by atoms with Crippen molar-refractivity contribution in [2.45, 2.75) is 0 Å². The topological polar surface area (TPSA) is 98.0 Å². The molecule has 1 N–H and O–H groups in total. The average Bonchev–Trinajstić information content (AvgIpc) is 2.97. The molecule has 1 amide bonds. The van der Waals surface area contributed by atoms with Gasteiger partial charge in [-0.2, -0.15) is 0 Å². The number of carbonyl (C=O) groups excluding carboxylic acids is 1. The molecule has 3 aromatic rings. The Hall–Kier alpha value is -2.87. The number of aromatic nitrogens is 2. The molecule has 0 aliphatic rings. The third-order valence-corrected chi connectivity index (χ3v) is 3.65. The minimum absolute atomic E-state index is 0.0613. The van der Waals surface area contributed by atoms with Crippen LogP contribution in [0.25, 0.3) is 10.2 Å². The molecular formula is C13H8N4O3S. The number of benzene rings is 1. The van der Waals surface area contributed by atoms with Gasteiger partial charge < -0.3 is 5.32 Å². The van der Waals surface area contributed by atoms with Crippen LogP contribution in [0.5, 0.6) is 0 Å². The van der Waals surface area contributed by atoms with Crippen molar-refractivity contribution in [1.82, 2.24) is 9.97 Å². The molecule has 0 bridgehead atoms. The standard InChI is InChI=1S/C13H8N4O3S/c18-12(8-1-3-9(4-2-8)17(19)20)16-11-10-5-6-21-13(10)15-7-14-11/h1-7H,(H,14,15,16,18). The Morgan fingerprint density at radius 2 is 1.95 bits per heavy atom. The van der Waals surface area contributed by atoms with Gasteiger partial charge in [-0.15, -0.1) is 11.3 Å². The molecular weight excluding hydrogens is 292 g/mol. The van der Waals surface area contributed by atoms with Crippen molar-refractivity contribution in [2.24, 2.45) is 0 Å². The molecule has 0 aliphatic heterocycles. The number of amides is 1. The number of hydrogen-bond donors (Lipinski definition) is 1. The van der Waals surface area contributed by atoms with Crippen LogP contribution < -0.4 is 5.32 Å². The first-order chi connectivity index (χ1) is 10.1. The molecule has 2 heterocycles. The van der Waals surface area contributed by atoms with E-state index in [9.17, 15) is 14.9 Å². The van der Waals surface area contributed by atoms with Gasteiger partial charge in [0.15, 0.2) is 0 Å². The summed E-state index contributed by atoms with van der Waals surface area (Å²) in [5.74, 6) is 0.0423. The summed E-state index contributed by atoms with van der Waals surface area (Å²) < 4.78 is 0. The van der Waals surface area contributed by atoms with Gasteiger partial charge in [0, 0.05) is 17.7 Å². The van der Waals surface area contributed by atoms with Crippen LogP contribution in [0.2, 0.25) is 0 Å². The molecule has 21 heavy (non-hydrogen) atoms. The minimum Gasteiger partial charge on any atom is -0.306 e. The fourth-order valence-electron chi connectivity index (χ4n) is 1.80. The third kappa shape index (κ3) is 2.56. The molecule has 0 fully saturated rings. The highest BCUT2D eigenvalue weighted by atomic mass is 32.1. The van der Waals surface area contributed by atoms with Crippen LogP contribution in [0.1, 0.15) is 10.4 Å². The lowest BCUT2D eigenvalue weighted by Gasteiger charge is -2.05. The van der Waals surface area contributed by atoms with Crippen molar-refractivity contribution in [3.8, 4) is 0 Å². The molecule has 7 nitrogen and oxygen atoms in total. The molecule has 2 aromatic heterocycles. The number of nitrogens with zero attached hydrogens (tertiary/aromatic N) is 3. The largest absolute Gasteiger partial charge is 0.306 e. The Balaban J connectivity index is 1.86. The van der Waals surface area contributed by atoms with E-state index in [2.05, 4.69) is 15.3 Å². The summed E-state index contributed by atoms with van der Waals surface area (Å²) in [6.07, 6.45) is 1.38. The first kappa shape index (κ1) is 13.1. The Morgan fingerprint density at radius 1 is 1.19 bits per heavy atom. The second kappa shape index (κ2) is 5.25. The number of anilines is 1. The molecule has 0 spiro atoms. The van der Waals surface area contributed by atoms with Gasteiger partial charge in [0.05, 0.1) is 10.3 Å². The molecule has 1 aromatic carbocycles. The van der Waals surface area contributed by atoms with E-state index in [0.29, 0.717) is 11.4 Å². The molecule has 0 aliphatic carbocycles. The van der Waals surface area contributed by atoms with E-state index in [0.717, 1.165) is 10.2 Å². The highest BCUT2D eigenvalue weighted by Gasteiger charge is 2.12. The fourth-order valence-corrected chi connectivity index (χ4v) is 2.54. The molecule has 0 saturated carbocycles. The molecule has 3 rings (SSSR count). The Bertz CT molecular complexity index is 829. The Kier molecular flexibility index (Phi) is 3.28. The minimum atomic E-state index is -0.513. The van der Waals surface area contributed by atoms with Gasteiger partial charge >= 0.3 is 0 Å². The Labute approximate surface area is 122 Å². The lowest BCUT2D eigenvalue weighted by Crippen LogP contribution is -2.13. The van der Waals surface area contributed by atoms with Gasteiger partial charge in [0.2, 0.25) is 0 Å². The second-order valence-electron chi connectivity index (χ2n) is 4.12. The van der Waals surface area contributed by atoms with Crippen LogP contribution in [0.15, 0.2) is 42.0 Å². The van der Waals surface area contributed by atoms with Crippen LogP contribution in [0, 0.1) is 10.1 Å². The number of nitro benzene ring substituents is 1. The number of nitro groups is 1. The predicted molar refractivity (Wildman–Crippen MR) is 78.5 cm³/mol. The predicted octanol–water partition coefficient (Wildman–Crippen LogP) is 2.85. The molecule has 0 radical (unpaired) electrons. The molecule has 0 saturated heterocycles. The van der Waals surface area contributed by atoms with Crippen LogP contribution in [-0.2, 0) is 0 Å². The van der Waals surface area contributed by atoms with E-state index in [4.69, 9.17) is 0 Å². The van der Waals surface area contributed by atoms with Gasteiger partial charge in [0.1, 0.15) is 17.0 Å². The van der Waals surface area contributed by atoms with Crippen molar-refractivity contribution in [3.05, 3.63) is 57.7 Å². The highest BCUT2D eigenvalue weighted by molar-refractivity contribution is 7.16. The van der Waals surface area contributed by atoms with E-state index in [1.54, 1.807) is 0 Å². The zero-order valence-electron chi connectivity index (χ0n) is 10.5. The van der Waals surface area contributed by atoms with Gasteiger partial charge in [-0.3, -0.25) is 14.9 Å². The van der Waals surface area contributed by atoms with E-state index < -0.39 is 4.92 Å². The van der Waals surface area contributed by atoms with Crippen LogP contribution in [0.3, 0.4) is 0 Å². The molecule has 8 heteroatoms. The van der Waals surface area contributed by atoms with Gasteiger partial charge in [-0.25, -0.2) is 9.97 Å². The third-order valence-electron chi connectivity index (χ3n) is 2.83. The molecule has 104 valence electrons. The quantitative estimate of drug-likeness (QED) is 0.592. The zero-order valence-corrected chi connectivity index (χ0v) is 11.3. The second-order valence-corrected chi connectivity index (χ2v) is 5.01. The first-order valence-electron chi connectivity index (χ1n) is 5.89. The first-order valence-corrected chi connectivity index (χ1v) is 6.77. The number of rotatable bonds is 3. The summed E-state index contributed by atoms with van der Waals surface area (Å²) in [4.78, 5) is 31.1. The summed E-state index contributed by atoms with van der Waals surface area (Å²) in [6.45, 7) is 0. The summed E-state index contributed by atoms with van der Waals surface area (Å²) in [6, 6.07) is 7.20. The Morgan fingerprint density at radius 3 is 2.67 bits per heavy atom. The summed E-state index contributed by atoms with van der Waals surface area (Å²) in [5.41, 5.74) is 0.261. The van der Waals surface area contributed by atoms with Crippen molar-refractivity contribution in [3.63, 3.8) is 0 Å². The van der Waals surface area contributed by atoms with Gasteiger partial charge in [-0.1, -0.05) is 0 Å². The number of hydrogen-bond acceptors (Lipinski definition) is 6. The highest BCUT2D eigenvalue weighted by Crippen LogP contribution is 2.24. The van der Waals surface area contributed by atoms with Gasteiger partial charge in [0.25, 0.3) is 11.6 Å². The average molecular weight is 300 g/mol. The maximum atomic E-state index is 12.1. The van der Waals surface area contributed by atoms with E-state index in [-0.39, 0.29) is 11.6 Å². The molecule has 0 atom stereocenters. The summed E-state index contributed by atoms with van der Waals surface area (Å²) >= 11 is 1.45. The maximum Gasteiger partial charge on any atom is 0.269 e. The summed E-state index contributed by atoms with van der Waals surface area (Å²) in [7, 11) is 0.